The van der Waals surface area contributed by atoms with Crippen molar-refractivity contribution >= 4 is 5.78 Å². The summed E-state index contributed by atoms with van der Waals surface area (Å²) in [5, 5.41) is 0. The topological polar surface area (TPSA) is 38.8 Å². The highest BCUT2D eigenvalue weighted by atomic mass is 16.6. The second-order valence-corrected chi connectivity index (χ2v) is 6.06. The summed E-state index contributed by atoms with van der Waals surface area (Å²) < 4.78 is 11.5. The molecule has 1 spiro atoms. The molecule has 0 amide bonds. The van der Waals surface area contributed by atoms with Gasteiger partial charge in [-0.1, -0.05) is 18.6 Å². The maximum atomic E-state index is 11.9. The van der Waals surface area contributed by atoms with Crippen LogP contribution in [0, 0.1) is 11.8 Å². The number of ether oxygens (including phenoxy) is 2. The Kier molecular flexibility index (Phi) is 3.93. The number of epoxide rings is 1. The summed E-state index contributed by atoms with van der Waals surface area (Å²) in [5.41, 5.74) is 1.20. The minimum absolute atomic E-state index is 0.0578. The maximum Gasteiger partial charge on any atom is 0.136 e. The molecular formula is C15H24O3. The average Bonchev–Trinajstić information content (AvgIpc) is 3.03. The third-order valence-electron chi connectivity index (χ3n) is 4.23. The fourth-order valence-electron chi connectivity index (χ4n) is 2.89. The van der Waals surface area contributed by atoms with Crippen LogP contribution in [0.1, 0.15) is 40.5 Å². The Hall–Kier alpha value is -0.670. The summed E-state index contributed by atoms with van der Waals surface area (Å²) >= 11 is 0. The summed E-state index contributed by atoms with van der Waals surface area (Å²) in [7, 11) is 0. The van der Waals surface area contributed by atoms with Gasteiger partial charge >= 0.3 is 0 Å². The van der Waals surface area contributed by atoms with Gasteiger partial charge in [-0.25, -0.2) is 0 Å². The molecule has 1 heterocycles. The van der Waals surface area contributed by atoms with E-state index < -0.39 is 0 Å². The second-order valence-electron chi connectivity index (χ2n) is 6.06. The predicted octanol–water partition coefficient (Wildman–Crippen LogP) is 2.74. The van der Waals surface area contributed by atoms with Crippen LogP contribution in [0.25, 0.3) is 0 Å². The van der Waals surface area contributed by atoms with E-state index in [0.29, 0.717) is 18.8 Å². The van der Waals surface area contributed by atoms with Gasteiger partial charge in [0.25, 0.3) is 0 Å². The molecule has 1 aliphatic carbocycles. The molecular weight excluding hydrogens is 228 g/mol. The van der Waals surface area contributed by atoms with Crippen LogP contribution in [0.3, 0.4) is 0 Å². The third-order valence-corrected chi connectivity index (χ3v) is 4.23. The zero-order valence-corrected chi connectivity index (χ0v) is 11.9. The molecule has 4 atom stereocenters. The number of hydrogen-bond donors (Lipinski definition) is 0. The Morgan fingerprint density at radius 1 is 1.61 bits per heavy atom. The van der Waals surface area contributed by atoms with Crippen molar-refractivity contribution in [1.82, 2.24) is 0 Å². The molecule has 0 radical (unpaired) electrons. The van der Waals surface area contributed by atoms with Crippen molar-refractivity contribution in [3.63, 3.8) is 0 Å². The van der Waals surface area contributed by atoms with Crippen LogP contribution < -0.4 is 0 Å². The molecule has 0 bridgehead atoms. The largest absolute Gasteiger partial charge is 0.374 e. The average molecular weight is 252 g/mol. The lowest BCUT2D eigenvalue weighted by molar-refractivity contribution is -0.130. The van der Waals surface area contributed by atoms with Gasteiger partial charge in [-0.3, -0.25) is 4.79 Å². The van der Waals surface area contributed by atoms with Gasteiger partial charge in [-0.2, -0.15) is 0 Å². The first-order valence-corrected chi connectivity index (χ1v) is 6.86. The van der Waals surface area contributed by atoms with Gasteiger partial charge in [0.15, 0.2) is 0 Å². The number of hydrogen-bond acceptors (Lipinski definition) is 3. The molecule has 4 unspecified atom stereocenters. The monoisotopic (exact) mass is 252 g/mol. The zero-order valence-electron chi connectivity index (χ0n) is 11.9. The van der Waals surface area contributed by atoms with Crippen LogP contribution in [-0.4, -0.2) is 30.7 Å². The molecule has 2 fully saturated rings. The van der Waals surface area contributed by atoms with Gasteiger partial charge in [0.1, 0.15) is 5.78 Å². The lowest BCUT2D eigenvalue weighted by Crippen LogP contribution is -2.43. The van der Waals surface area contributed by atoms with E-state index in [2.05, 4.69) is 26.8 Å². The normalized spacial score (nSPS) is 36.6. The maximum absolute atomic E-state index is 11.9. The van der Waals surface area contributed by atoms with Crippen molar-refractivity contribution in [2.75, 3.05) is 13.2 Å². The van der Waals surface area contributed by atoms with Crippen LogP contribution in [0.5, 0.6) is 0 Å². The van der Waals surface area contributed by atoms with Gasteiger partial charge in [-0.05, 0) is 27.2 Å². The molecule has 0 N–H and O–H groups in total. The molecule has 18 heavy (non-hydrogen) atoms. The lowest BCUT2D eigenvalue weighted by atomic mass is 9.72. The van der Waals surface area contributed by atoms with Crippen LogP contribution in [0.2, 0.25) is 0 Å². The number of Topliss-reactive ketones (excluding diaryl/α,β-unsaturated/α-hetero) is 1. The van der Waals surface area contributed by atoms with E-state index in [1.165, 1.54) is 5.57 Å². The Labute approximate surface area is 110 Å². The van der Waals surface area contributed by atoms with E-state index in [1.807, 2.05) is 6.92 Å². The summed E-state index contributed by atoms with van der Waals surface area (Å²) in [6, 6.07) is 0. The minimum atomic E-state index is -0.0578. The summed E-state index contributed by atoms with van der Waals surface area (Å²) in [6.07, 6.45) is 3.63. The van der Waals surface area contributed by atoms with E-state index in [-0.39, 0.29) is 23.5 Å². The Bertz CT molecular complexity index is 351. The van der Waals surface area contributed by atoms with Crippen molar-refractivity contribution in [1.29, 1.82) is 0 Å². The standard InChI is InChI=1S/C15H24O3/c1-10(2)5-6-17-12(4)13-7-14(16)11(3)8-15(13)9-18-15/h5,11-13H,6-9H2,1-4H3. The number of allylic oxidation sites excluding steroid dienone is 1. The van der Waals surface area contributed by atoms with Crippen molar-refractivity contribution < 1.29 is 14.3 Å². The number of ketones is 1. The van der Waals surface area contributed by atoms with Gasteiger partial charge in [0.2, 0.25) is 0 Å². The first-order valence-electron chi connectivity index (χ1n) is 6.86. The second kappa shape index (κ2) is 5.14. The third kappa shape index (κ3) is 2.83. The van der Waals surface area contributed by atoms with Crippen molar-refractivity contribution in [3.8, 4) is 0 Å². The molecule has 102 valence electrons. The zero-order chi connectivity index (χ0) is 13.3. The van der Waals surface area contributed by atoms with E-state index in [1.54, 1.807) is 0 Å². The summed E-state index contributed by atoms with van der Waals surface area (Å²) in [5.74, 6) is 0.735. The van der Waals surface area contributed by atoms with Crippen molar-refractivity contribution in [2.24, 2.45) is 11.8 Å². The van der Waals surface area contributed by atoms with Crippen LogP contribution >= 0.6 is 0 Å². The Balaban J connectivity index is 1.94. The van der Waals surface area contributed by atoms with E-state index >= 15 is 0 Å². The first kappa shape index (κ1) is 13.8. The van der Waals surface area contributed by atoms with Gasteiger partial charge in [0.05, 0.1) is 24.9 Å². The lowest BCUT2D eigenvalue weighted by Gasteiger charge is -2.35. The number of carbonyl (C=O) groups excluding carboxylic acids is 1. The van der Waals surface area contributed by atoms with Crippen LogP contribution in [0.4, 0.5) is 0 Å². The van der Waals surface area contributed by atoms with Crippen molar-refractivity contribution in [3.05, 3.63) is 11.6 Å². The SMILES string of the molecule is CC(C)=CCOC(C)C1CC(=O)C(C)CC12CO2. The predicted molar refractivity (Wildman–Crippen MR) is 70.4 cm³/mol. The van der Waals surface area contributed by atoms with E-state index in [9.17, 15) is 4.79 Å². The smallest absolute Gasteiger partial charge is 0.136 e. The van der Waals surface area contributed by atoms with E-state index in [4.69, 9.17) is 9.47 Å². The molecule has 1 saturated heterocycles. The highest BCUT2D eigenvalue weighted by Crippen LogP contribution is 2.48. The Morgan fingerprint density at radius 2 is 2.28 bits per heavy atom. The highest BCUT2D eigenvalue weighted by molar-refractivity contribution is 5.82. The van der Waals surface area contributed by atoms with Gasteiger partial charge in [-0.15, -0.1) is 0 Å². The minimum Gasteiger partial charge on any atom is -0.374 e. The molecule has 3 nitrogen and oxygen atoms in total. The Morgan fingerprint density at radius 3 is 2.83 bits per heavy atom. The molecule has 2 rings (SSSR count). The van der Waals surface area contributed by atoms with Crippen LogP contribution in [0.15, 0.2) is 11.6 Å². The van der Waals surface area contributed by atoms with Gasteiger partial charge < -0.3 is 9.47 Å². The first-order chi connectivity index (χ1) is 8.44. The molecule has 0 aromatic heterocycles. The fraction of sp³-hybridized carbons (Fsp3) is 0.800. The van der Waals surface area contributed by atoms with Gasteiger partial charge in [0, 0.05) is 18.3 Å². The molecule has 1 saturated carbocycles. The van der Waals surface area contributed by atoms with Crippen LogP contribution in [-0.2, 0) is 14.3 Å². The van der Waals surface area contributed by atoms with Crippen molar-refractivity contribution in [2.45, 2.75) is 52.2 Å². The molecule has 3 heteroatoms. The quantitative estimate of drug-likeness (QED) is 0.570. The number of carbonyl (C=O) groups is 1. The fourth-order valence-corrected chi connectivity index (χ4v) is 2.89. The number of rotatable bonds is 4. The molecule has 0 aromatic rings. The molecule has 0 aromatic carbocycles. The van der Waals surface area contributed by atoms with E-state index in [0.717, 1.165) is 13.0 Å². The molecule has 1 aliphatic heterocycles. The highest BCUT2D eigenvalue weighted by Gasteiger charge is 2.57. The summed E-state index contributed by atoms with van der Waals surface area (Å²) in [6.45, 7) is 9.62. The molecule has 2 aliphatic rings. The summed E-state index contributed by atoms with van der Waals surface area (Å²) in [4.78, 5) is 11.9.